The number of hydrogen-bond acceptors (Lipinski definition) is 4. The Bertz CT molecular complexity index is 528. The summed E-state index contributed by atoms with van der Waals surface area (Å²) in [7, 11) is 0. The molecule has 7 heteroatoms. The Balaban J connectivity index is 2.40. The van der Waals surface area contributed by atoms with Crippen LogP contribution in [-0.4, -0.2) is 49.8 Å². The second kappa shape index (κ2) is 12.7. The lowest BCUT2D eigenvalue weighted by Crippen LogP contribution is -2.40. The van der Waals surface area contributed by atoms with Crippen molar-refractivity contribution in [3.05, 3.63) is 22.4 Å². The van der Waals surface area contributed by atoms with Crippen molar-refractivity contribution in [3.63, 3.8) is 0 Å². The molecule has 1 amide bonds. The highest BCUT2D eigenvalue weighted by molar-refractivity contribution is 7.12. The van der Waals surface area contributed by atoms with E-state index in [9.17, 15) is 9.90 Å². The standard InChI is InChI=1S/C19H34N4O2S/c1-4-19(5-2,10-13-24)15-23-18(20-6-3)22-12-8-11-21-17(25)16-9-7-14-26-16/h7,9,14,24H,4-6,8,10-13,15H2,1-3H3,(H,21,25)(H2,20,22,23). The van der Waals surface area contributed by atoms with Gasteiger partial charge in [0.05, 0.1) is 4.88 Å². The molecular formula is C19H34N4O2S. The van der Waals surface area contributed by atoms with Gasteiger partial charge in [-0.1, -0.05) is 19.9 Å². The number of amides is 1. The van der Waals surface area contributed by atoms with Crippen LogP contribution in [0.15, 0.2) is 22.5 Å². The molecule has 4 N–H and O–H groups in total. The van der Waals surface area contributed by atoms with Gasteiger partial charge >= 0.3 is 0 Å². The van der Waals surface area contributed by atoms with Gasteiger partial charge < -0.3 is 21.1 Å². The summed E-state index contributed by atoms with van der Waals surface area (Å²) in [4.78, 5) is 17.3. The fourth-order valence-corrected chi connectivity index (χ4v) is 3.36. The zero-order chi connectivity index (χ0) is 19.3. The lowest BCUT2D eigenvalue weighted by atomic mass is 9.79. The molecule has 1 aromatic rings. The maximum Gasteiger partial charge on any atom is 0.261 e. The van der Waals surface area contributed by atoms with E-state index in [1.807, 2.05) is 24.4 Å². The summed E-state index contributed by atoms with van der Waals surface area (Å²) in [5.41, 5.74) is 0.0613. The van der Waals surface area contributed by atoms with Crippen LogP contribution in [0.4, 0.5) is 0 Å². The van der Waals surface area contributed by atoms with Gasteiger partial charge in [0, 0.05) is 32.8 Å². The second-order valence-electron chi connectivity index (χ2n) is 6.39. The minimum absolute atomic E-state index is 0.0137. The highest BCUT2D eigenvalue weighted by Gasteiger charge is 2.25. The molecule has 0 saturated carbocycles. The molecule has 1 heterocycles. The van der Waals surface area contributed by atoms with Gasteiger partial charge in [0.25, 0.3) is 5.91 Å². The van der Waals surface area contributed by atoms with Crippen molar-refractivity contribution in [2.24, 2.45) is 10.4 Å². The molecule has 0 radical (unpaired) electrons. The molecule has 0 unspecified atom stereocenters. The van der Waals surface area contributed by atoms with E-state index < -0.39 is 0 Å². The highest BCUT2D eigenvalue weighted by atomic mass is 32.1. The number of guanidine groups is 1. The Morgan fingerprint density at radius 1 is 1.19 bits per heavy atom. The second-order valence-corrected chi connectivity index (χ2v) is 7.34. The predicted octanol–water partition coefficient (Wildman–Crippen LogP) is 2.61. The molecule has 1 rings (SSSR count). The van der Waals surface area contributed by atoms with E-state index >= 15 is 0 Å². The summed E-state index contributed by atoms with van der Waals surface area (Å²) in [5, 5.41) is 20.7. The Labute approximate surface area is 161 Å². The monoisotopic (exact) mass is 382 g/mol. The number of aliphatic hydroxyl groups is 1. The van der Waals surface area contributed by atoms with Crippen LogP contribution in [0.3, 0.4) is 0 Å². The number of aliphatic imine (C=N–C) groups is 1. The SMILES string of the molecule is CCNC(=NCC(CC)(CC)CCO)NCCCNC(=O)c1cccs1. The molecule has 0 bridgehead atoms. The van der Waals surface area contributed by atoms with Crippen LogP contribution >= 0.6 is 11.3 Å². The highest BCUT2D eigenvalue weighted by Crippen LogP contribution is 2.30. The first-order valence-corrected chi connectivity index (χ1v) is 10.4. The van der Waals surface area contributed by atoms with Gasteiger partial charge in [0.2, 0.25) is 0 Å². The topological polar surface area (TPSA) is 85.8 Å². The smallest absolute Gasteiger partial charge is 0.261 e. The molecule has 0 fully saturated rings. The van der Waals surface area contributed by atoms with Crippen molar-refractivity contribution in [1.82, 2.24) is 16.0 Å². The molecule has 0 saturated heterocycles. The normalized spacial score (nSPS) is 12.1. The molecule has 148 valence electrons. The molecule has 6 nitrogen and oxygen atoms in total. The predicted molar refractivity (Wildman–Crippen MR) is 110 cm³/mol. The largest absolute Gasteiger partial charge is 0.396 e. The summed E-state index contributed by atoms with van der Waals surface area (Å²) in [5.74, 6) is 0.779. The number of rotatable bonds is 12. The van der Waals surface area contributed by atoms with Gasteiger partial charge in [-0.2, -0.15) is 0 Å². The van der Waals surface area contributed by atoms with E-state index in [0.29, 0.717) is 13.1 Å². The molecule has 26 heavy (non-hydrogen) atoms. The van der Waals surface area contributed by atoms with Gasteiger partial charge in [0.15, 0.2) is 5.96 Å². The van der Waals surface area contributed by atoms with E-state index in [2.05, 4.69) is 29.8 Å². The van der Waals surface area contributed by atoms with Crippen molar-refractivity contribution in [2.45, 2.75) is 46.5 Å². The van der Waals surface area contributed by atoms with Gasteiger partial charge in [-0.15, -0.1) is 11.3 Å². The zero-order valence-electron chi connectivity index (χ0n) is 16.3. The number of hydrogen-bond donors (Lipinski definition) is 4. The van der Waals surface area contributed by atoms with E-state index in [1.165, 1.54) is 11.3 Å². The summed E-state index contributed by atoms with van der Waals surface area (Å²) >= 11 is 1.45. The number of aliphatic hydroxyl groups excluding tert-OH is 1. The van der Waals surface area contributed by atoms with Crippen LogP contribution in [0.5, 0.6) is 0 Å². The molecule has 0 spiro atoms. The van der Waals surface area contributed by atoms with Crippen LogP contribution in [0.1, 0.15) is 56.1 Å². The third-order valence-corrected chi connectivity index (χ3v) is 5.60. The van der Waals surface area contributed by atoms with Gasteiger partial charge in [-0.25, -0.2) is 0 Å². The molecule has 0 aliphatic rings. The van der Waals surface area contributed by atoms with Crippen molar-refractivity contribution in [3.8, 4) is 0 Å². The summed E-state index contributed by atoms with van der Waals surface area (Å²) in [6, 6.07) is 3.71. The van der Waals surface area contributed by atoms with Crippen molar-refractivity contribution in [2.75, 3.05) is 32.8 Å². The molecule has 0 aromatic carbocycles. The number of carbonyl (C=O) groups excluding carboxylic acids is 1. The fraction of sp³-hybridized carbons (Fsp3) is 0.684. The lowest BCUT2D eigenvalue weighted by Gasteiger charge is -2.29. The van der Waals surface area contributed by atoms with Gasteiger partial charge in [0.1, 0.15) is 0 Å². The maximum atomic E-state index is 11.9. The van der Waals surface area contributed by atoms with Crippen molar-refractivity contribution < 1.29 is 9.90 Å². The number of nitrogens with zero attached hydrogens (tertiary/aromatic N) is 1. The minimum atomic E-state index is -0.0137. The summed E-state index contributed by atoms with van der Waals surface area (Å²) in [6.45, 7) is 9.42. The van der Waals surface area contributed by atoms with E-state index in [-0.39, 0.29) is 17.9 Å². The van der Waals surface area contributed by atoms with Crippen molar-refractivity contribution in [1.29, 1.82) is 0 Å². The summed E-state index contributed by atoms with van der Waals surface area (Å²) < 4.78 is 0. The van der Waals surface area contributed by atoms with E-state index in [4.69, 9.17) is 4.99 Å². The maximum absolute atomic E-state index is 11.9. The fourth-order valence-electron chi connectivity index (χ4n) is 2.72. The van der Waals surface area contributed by atoms with Crippen molar-refractivity contribution >= 4 is 23.2 Å². The first-order valence-electron chi connectivity index (χ1n) is 9.55. The summed E-state index contributed by atoms with van der Waals surface area (Å²) in [6.07, 6.45) is 3.60. The van der Waals surface area contributed by atoms with Crippen LogP contribution in [-0.2, 0) is 0 Å². The molecule has 0 atom stereocenters. The van der Waals surface area contributed by atoms with Crippen LogP contribution in [0.2, 0.25) is 0 Å². The third kappa shape index (κ3) is 7.74. The minimum Gasteiger partial charge on any atom is -0.396 e. The number of thiophene rings is 1. The molecule has 1 aromatic heterocycles. The van der Waals surface area contributed by atoms with Crippen LogP contribution in [0, 0.1) is 5.41 Å². The third-order valence-electron chi connectivity index (χ3n) is 4.74. The average Bonchev–Trinajstić information content (AvgIpc) is 3.19. The molecule has 0 aliphatic heterocycles. The Hall–Kier alpha value is -1.60. The lowest BCUT2D eigenvalue weighted by molar-refractivity contribution is 0.0957. The van der Waals surface area contributed by atoms with Crippen LogP contribution < -0.4 is 16.0 Å². The zero-order valence-corrected chi connectivity index (χ0v) is 17.1. The van der Waals surface area contributed by atoms with E-state index in [0.717, 1.165) is 49.6 Å². The Morgan fingerprint density at radius 2 is 1.92 bits per heavy atom. The first-order chi connectivity index (χ1) is 12.6. The number of nitrogens with one attached hydrogen (secondary N) is 3. The molecular weight excluding hydrogens is 348 g/mol. The quantitative estimate of drug-likeness (QED) is 0.254. The average molecular weight is 383 g/mol. The van der Waals surface area contributed by atoms with Gasteiger partial charge in [-0.05, 0) is 49.5 Å². The Kier molecular flexibility index (Phi) is 11.0. The molecule has 0 aliphatic carbocycles. The van der Waals surface area contributed by atoms with Gasteiger partial charge in [-0.3, -0.25) is 9.79 Å². The van der Waals surface area contributed by atoms with Crippen LogP contribution in [0.25, 0.3) is 0 Å². The Morgan fingerprint density at radius 3 is 2.50 bits per heavy atom. The van der Waals surface area contributed by atoms with E-state index in [1.54, 1.807) is 0 Å². The number of carbonyl (C=O) groups is 1. The first kappa shape index (κ1) is 22.4.